The summed E-state index contributed by atoms with van der Waals surface area (Å²) in [5.41, 5.74) is 6.21. The van der Waals surface area contributed by atoms with Crippen LogP contribution in [0, 0.1) is 11.8 Å². The Bertz CT molecular complexity index is 980. The highest BCUT2D eigenvalue weighted by Crippen LogP contribution is 2.37. The Hall–Kier alpha value is -1.87. The summed E-state index contributed by atoms with van der Waals surface area (Å²) in [6.07, 6.45) is 2.99. The largest absolute Gasteiger partial charge is 0.351 e. The molecule has 0 fully saturated rings. The van der Waals surface area contributed by atoms with E-state index in [1.165, 1.54) is 16.6 Å². The Morgan fingerprint density at radius 3 is 2.75 bits per heavy atom. The minimum absolute atomic E-state index is 0.0418. The number of thioether (sulfide) groups is 1. The predicted octanol–water partition coefficient (Wildman–Crippen LogP) is 2.91. The molecule has 0 aliphatic heterocycles. The molecule has 0 radical (unpaired) electrons. The first-order valence-electron chi connectivity index (χ1n) is 9.54. The first-order valence-corrected chi connectivity index (χ1v) is 11.2. The van der Waals surface area contributed by atoms with Crippen molar-refractivity contribution in [3.8, 4) is 0 Å². The minimum atomic E-state index is -0.882. The average molecular weight is 423 g/mol. The second kappa shape index (κ2) is 8.24. The van der Waals surface area contributed by atoms with Gasteiger partial charge in [0.1, 0.15) is 4.83 Å². The molecule has 2 aromatic rings. The zero-order chi connectivity index (χ0) is 20.6. The third kappa shape index (κ3) is 3.96. The van der Waals surface area contributed by atoms with Crippen molar-refractivity contribution in [3.63, 3.8) is 0 Å². The number of hydrogen-bond acceptors (Lipinski definition) is 6. The number of imide groups is 1. The number of carbonyl (C=O) groups excluding carboxylic acids is 2. The van der Waals surface area contributed by atoms with Crippen LogP contribution in [-0.4, -0.2) is 26.7 Å². The van der Waals surface area contributed by atoms with Crippen LogP contribution in [0.25, 0.3) is 10.2 Å². The molecule has 0 aromatic carbocycles. The Kier molecular flexibility index (Phi) is 6.14. The van der Waals surface area contributed by atoms with Gasteiger partial charge in [-0.1, -0.05) is 32.5 Å². The van der Waals surface area contributed by atoms with E-state index in [-0.39, 0.29) is 11.5 Å². The fourth-order valence-corrected chi connectivity index (χ4v) is 6.15. The Labute approximate surface area is 172 Å². The van der Waals surface area contributed by atoms with Gasteiger partial charge in [0.25, 0.3) is 5.56 Å². The minimum Gasteiger partial charge on any atom is -0.351 e. The van der Waals surface area contributed by atoms with E-state index in [1.807, 2.05) is 20.8 Å². The number of amides is 3. The van der Waals surface area contributed by atoms with E-state index in [4.69, 9.17) is 10.7 Å². The van der Waals surface area contributed by atoms with Gasteiger partial charge in [0.15, 0.2) is 5.16 Å². The Balaban J connectivity index is 2.06. The van der Waals surface area contributed by atoms with Crippen LogP contribution in [-0.2, 0) is 24.2 Å². The summed E-state index contributed by atoms with van der Waals surface area (Å²) in [5, 5.41) is 2.81. The summed E-state index contributed by atoms with van der Waals surface area (Å²) in [6.45, 7) is 8.37. The van der Waals surface area contributed by atoms with Crippen LogP contribution in [0.4, 0.5) is 4.79 Å². The molecule has 1 aliphatic rings. The second-order valence-corrected chi connectivity index (χ2v) is 9.80. The number of carbonyl (C=O) groups is 2. The number of aromatic nitrogens is 2. The number of rotatable bonds is 5. The fourth-order valence-electron chi connectivity index (χ4n) is 3.57. The van der Waals surface area contributed by atoms with Gasteiger partial charge in [-0.3, -0.25) is 19.5 Å². The molecule has 7 nitrogen and oxygen atoms in total. The van der Waals surface area contributed by atoms with E-state index < -0.39 is 17.2 Å². The van der Waals surface area contributed by atoms with Gasteiger partial charge in [-0.25, -0.2) is 9.78 Å². The summed E-state index contributed by atoms with van der Waals surface area (Å²) in [4.78, 5) is 43.5. The van der Waals surface area contributed by atoms with E-state index in [1.54, 1.807) is 15.9 Å². The van der Waals surface area contributed by atoms with E-state index in [0.717, 1.165) is 35.0 Å². The number of hydrogen-bond donors (Lipinski definition) is 2. The molecular formula is C19H26N4O3S2. The predicted molar refractivity (Wildman–Crippen MR) is 113 cm³/mol. The molecule has 0 spiro atoms. The number of primary amides is 1. The maximum Gasteiger partial charge on any atom is 0.318 e. The van der Waals surface area contributed by atoms with Crippen LogP contribution in [0.1, 0.15) is 44.6 Å². The van der Waals surface area contributed by atoms with Gasteiger partial charge in [0.05, 0.1) is 10.6 Å². The number of thiophene rings is 1. The van der Waals surface area contributed by atoms with Crippen molar-refractivity contribution in [1.82, 2.24) is 14.9 Å². The first-order chi connectivity index (χ1) is 13.2. The average Bonchev–Trinajstić information content (AvgIpc) is 2.96. The molecule has 2 heterocycles. The summed E-state index contributed by atoms with van der Waals surface area (Å²) in [5.74, 6) is 0.0778. The van der Waals surface area contributed by atoms with Gasteiger partial charge in [0.2, 0.25) is 5.91 Å². The summed E-state index contributed by atoms with van der Waals surface area (Å²) in [7, 11) is 0. The van der Waals surface area contributed by atoms with Crippen LogP contribution >= 0.6 is 23.1 Å². The zero-order valence-corrected chi connectivity index (χ0v) is 18.2. The highest BCUT2D eigenvalue weighted by Gasteiger charge is 2.29. The van der Waals surface area contributed by atoms with Crippen molar-refractivity contribution in [2.45, 2.75) is 63.9 Å². The lowest BCUT2D eigenvalue weighted by atomic mass is 9.89. The molecule has 0 unspecified atom stereocenters. The lowest BCUT2D eigenvalue weighted by molar-refractivity contribution is -0.120. The third-order valence-corrected chi connectivity index (χ3v) is 7.72. The van der Waals surface area contributed by atoms with Crippen LogP contribution in [0.15, 0.2) is 9.95 Å². The Morgan fingerprint density at radius 1 is 1.43 bits per heavy atom. The molecule has 2 atom stereocenters. The molecule has 152 valence electrons. The third-order valence-electron chi connectivity index (χ3n) is 5.04. The smallest absolute Gasteiger partial charge is 0.318 e. The summed E-state index contributed by atoms with van der Waals surface area (Å²) < 4.78 is 1.63. The van der Waals surface area contributed by atoms with Gasteiger partial charge in [-0.05, 0) is 43.6 Å². The maximum absolute atomic E-state index is 13.2. The second-order valence-electron chi connectivity index (χ2n) is 7.61. The van der Waals surface area contributed by atoms with Crippen LogP contribution in [0.2, 0.25) is 0 Å². The molecule has 0 saturated heterocycles. The summed E-state index contributed by atoms with van der Waals surface area (Å²) >= 11 is 2.81. The van der Waals surface area contributed by atoms with Crippen molar-refractivity contribution in [3.05, 3.63) is 20.8 Å². The number of urea groups is 1. The number of nitrogens with one attached hydrogen (secondary N) is 1. The lowest BCUT2D eigenvalue weighted by Gasteiger charge is -2.20. The van der Waals surface area contributed by atoms with Crippen molar-refractivity contribution in [1.29, 1.82) is 0 Å². The van der Waals surface area contributed by atoms with E-state index in [2.05, 4.69) is 12.2 Å². The number of fused-ring (bicyclic) bond motifs is 3. The number of aryl methyl sites for hydroxylation is 1. The normalized spacial score (nSPS) is 17.5. The standard InChI is InChI=1S/C19H26N4O3S2/c1-5-23-17(25)13-11-7-6-10(4)8-12(11)27-16(13)22-19(23)28-14(9(2)3)15(24)21-18(20)26/h9-10,14H,5-8H2,1-4H3,(H3,20,21,24,26)/t10-,14-/m0/s1. The summed E-state index contributed by atoms with van der Waals surface area (Å²) in [6, 6.07) is -0.882. The highest BCUT2D eigenvalue weighted by atomic mass is 32.2. The van der Waals surface area contributed by atoms with Crippen molar-refractivity contribution >= 4 is 45.3 Å². The molecule has 0 saturated carbocycles. The van der Waals surface area contributed by atoms with Crippen molar-refractivity contribution in [2.75, 3.05) is 0 Å². The van der Waals surface area contributed by atoms with Gasteiger partial charge < -0.3 is 5.73 Å². The fraction of sp³-hybridized carbons (Fsp3) is 0.579. The van der Waals surface area contributed by atoms with Gasteiger partial charge in [-0.2, -0.15) is 0 Å². The molecule has 1 aliphatic carbocycles. The molecule has 3 amide bonds. The Morgan fingerprint density at radius 2 is 2.14 bits per heavy atom. The monoisotopic (exact) mass is 422 g/mol. The SMILES string of the molecule is CCn1c(S[C@H](C(=O)NC(N)=O)C(C)C)nc2sc3c(c2c1=O)CC[C@H](C)C3. The molecule has 3 rings (SSSR count). The quantitative estimate of drug-likeness (QED) is 0.569. The van der Waals surface area contributed by atoms with Gasteiger partial charge in [0, 0.05) is 11.4 Å². The molecule has 2 aromatic heterocycles. The molecular weight excluding hydrogens is 396 g/mol. The lowest BCUT2D eigenvalue weighted by Crippen LogP contribution is -2.42. The number of nitrogens with two attached hydrogens (primary N) is 1. The van der Waals surface area contributed by atoms with Crippen LogP contribution in [0.3, 0.4) is 0 Å². The van der Waals surface area contributed by atoms with Gasteiger partial charge >= 0.3 is 6.03 Å². The first kappa shape index (κ1) is 20.9. The van der Waals surface area contributed by atoms with Gasteiger partial charge in [-0.15, -0.1) is 11.3 Å². The molecule has 28 heavy (non-hydrogen) atoms. The topological polar surface area (TPSA) is 107 Å². The van der Waals surface area contributed by atoms with Crippen LogP contribution < -0.4 is 16.6 Å². The van der Waals surface area contributed by atoms with E-state index in [9.17, 15) is 14.4 Å². The molecule has 0 bridgehead atoms. The zero-order valence-electron chi connectivity index (χ0n) is 16.6. The number of nitrogens with zero attached hydrogens (tertiary/aromatic N) is 2. The van der Waals surface area contributed by atoms with Crippen molar-refractivity contribution in [2.24, 2.45) is 17.6 Å². The van der Waals surface area contributed by atoms with Crippen LogP contribution in [0.5, 0.6) is 0 Å². The van der Waals surface area contributed by atoms with E-state index in [0.29, 0.717) is 17.6 Å². The maximum atomic E-state index is 13.2. The van der Waals surface area contributed by atoms with E-state index >= 15 is 0 Å². The van der Waals surface area contributed by atoms with Crippen molar-refractivity contribution < 1.29 is 9.59 Å². The molecule has 9 heteroatoms. The highest BCUT2D eigenvalue weighted by molar-refractivity contribution is 8.00. The molecule has 3 N–H and O–H groups in total.